The van der Waals surface area contributed by atoms with E-state index in [0.717, 1.165) is 16.7 Å². The van der Waals surface area contributed by atoms with Crippen molar-refractivity contribution in [1.29, 1.82) is 0 Å². The number of hydrogen-bond acceptors (Lipinski definition) is 4. The van der Waals surface area contributed by atoms with E-state index in [9.17, 15) is 4.79 Å². The van der Waals surface area contributed by atoms with E-state index in [1.54, 1.807) is 21.1 Å². The van der Waals surface area contributed by atoms with E-state index in [1.165, 1.54) is 0 Å². The van der Waals surface area contributed by atoms with Crippen molar-refractivity contribution in [2.24, 2.45) is 0 Å². The van der Waals surface area contributed by atoms with Crippen LogP contribution in [0.5, 0.6) is 11.5 Å². The van der Waals surface area contributed by atoms with Crippen LogP contribution < -0.4 is 14.8 Å². The molecule has 0 saturated heterocycles. The minimum absolute atomic E-state index is 0.150. The van der Waals surface area contributed by atoms with Crippen molar-refractivity contribution >= 4 is 5.91 Å². The lowest BCUT2D eigenvalue weighted by Crippen LogP contribution is -2.36. The highest BCUT2D eigenvalue weighted by atomic mass is 16.5. The number of carbonyl (C=O) groups excluding carboxylic acids is 1. The van der Waals surface area contributed by atoms with Crippen LogP contribution in [-0.4, -0.2) is 26.2 Å². The minimum atomic E-state index is -0.543. The number of hydrogen-bond donors (Lipinski definition) is 1. The van der Waals surface area contributed by atoms with Gasteiger partial charge in [0.05, 0.1) is 26.9 Å². The van der Waals surface area contributed by atoms with E-state index in [0.29, 0.717) is 18.1 Å². The van der Waals surface area contributed by atoms with Gasteiger partial charge < -0.3 is 19.5 Å². The highest BCUT2D eigenvalue weighted by Gasteiger charge is 2.19. The number of carbonyl (C=O) groups is 1. The third-order valence-electron chi connectivity index (χ3n) is 4.31. The number of nitrogens with one attached hydrogen (secondary N) is 1. The maximum atomic E-state index is 12.4. The summed E-state index contributed by atoms with van der Waals surface area (Å²) in [6.45, 7) is 6.08. The molecule has 2 rings (SSSR count). The van der Waals surface area contributed by atoms with Gasteiger partial charge in [0.2, 0.25) is 5.91 Å². The fourth-order valence-corrected chi connectivity index (χ4v) is 2.74. The van der Waals surface area contributed by atoms with Crippen LogP contribution in [0, 0.1) is 6.92 Å². The second-order valence-electron chi connectivity index (χ2n) is 6.23. The van der Waals surface area contributed by atoms with Crippen molar-refractivity contribution in [3.63, 3.8) is 0 Å². The lowest BCUT2D eigenvalue weighted by molar-refractivity contribution is -0.133. The Morgan fingerprint density at radius 1 is 1.04 bits per heavy atom. The number of aryl methyl sites for hydroxylation is 1. The Morgan fingerprint density at radius 2 is 1.65 bits per heavy atom. The Bertz CT molecular complexity index is 730. The zero-order chi connectivity index (χ0) is 19.1. The number of amides is 1. The Labute approximate surface area is 155 Å². The van der Waals surface area contributed by atoms with Crippen molar-refractivity contribution in [1.82, 2.24) is 5.32 Å². The number of methoxy groups -OCH3 is 2. The number of benzene rings is 2. The van der Waals surface area contributed by atoms with Crippen molar-refractivity contribution in [2.75, 3.05) is 14.2 Å². The lowest BCUT2D eigenvalue weighted by atomic mass is 10.0. The van der Waals surface area contributed by atoms with Gasteiger partial charge in [-0.05, 0) is 49.6 Å². The van der Waals surface area contributed by atoms with Crippen LogP contribution in [-0.2, 0) is 16.1 Å². The Hall–Kier alpha value is -2.53. The van der Waals surface area contributed by atoms with Gasteiger partial charge in [-0.1, -0.05) is 30.3 Å². The molecule has 0 heterocycles. The standard InChI is InChI=1S/C21H27NO4/c1-14-11-19(24-4)20(25-5)12-18(14)15(2)22-21(23)16(3)26-13-17-9-7-6-8-10-17/h6-12,15-16H,13H2,1-5H3,(H,22,23). The highest BCUT2D eigenvalue weighted by molar-refractivity contribution is 5.80. The van der Waals surface area contributed by atoms with Crippen LogP contribution in [0.1, 0.15) is 36.6 Å². The average molecular weight is 357 g/mol. The van der Waals surface area contributed by atoms with Crippen molar-refractivity contribution in [3.8, 4) is 11.5 Å². The molecule has 0 bridgehead atoms. The fourth-order valence-electron chi connectivity index (χ4n) is 2.74. The van der Waals surface area contributed by atoms with Crippen LogP contribution in [0.3, 0.4) is 0 Å². The van der Waals surface area contributed by atoms with Crippen LogP contribution in [0.2, 0.25) is 0 Å². The molecule has 0 aromatic heterocycles. The fraction of sp³-hybridized carbons (Fsp3) is 0.381. The van der Waals surface area contributed by atoms with Gasteiger partial charge in [-0.2, -0.15) is 0 Å². The van der Waals surface area contributed by atoms with E-state index in [4.69, 9.17) is 14.2 Å². The van der Waals surface area contributed by atoms with Crippen molar-refractivity contribution in [2.45, 2.75) is 39.5 Å². The summed E-state index contributed by atoms with van der Waals surface area (Å²) in [5, 5.41) is 3.00. The van der Waals surface area contributed by atoms with Gasteiger partial charge in [0, 0.05) is 0 Å². The molecule has 0 aliphatic rings. The van der Waals surface area contributed by atoms with Gasteiger partial charge in [0.25, 0.3) is 0 Å². The first-order chi connectivity index (χ1) is 12.5. The van der Waals surface area contributed by atoms with Crippen LogP contribution in [0.15, 0.2) is 42.5 Å². The third kappa shape index (κ3) is 4.99. The molecule has 0 spiro atoms. The Kier molecular flexibility index (Phi) is 7.04. The molecule has 0 radical (unpaired) electrons. The molecule has 1 amide bonds. The SMILES string of the molecule is COc1cc(C)c(C(C)NC(=O)C(C)OCc2ccccc2)cc1OC. The molecule has 2 aromatic carbocycles. The van der Waals surface area contributed by atoms with E-state index in [-0.39, 0.29) is 11.9 Å². The minimum Gasteiger partial charge on any atom is -0.493 e. The van der Waals surface area contributed by atoms with Gasteiger partial charge in [0.1, 0.15) is 6.10 Å². The molecule has 26 heavy (non-hydrogen) atoms. The second-order valence-corrected chi connectivity index (χ2v) is 6.23. The van der Waals surface area contributed by atoms with Crippen molar-refractivity contribution < 1.29 is 19.0 Å². The zero-order valence-corrected chi connectivity index (χ0v) is 16.0. The quantitative estimate of drug-likeness (QED) is 0.781. The molecule has 0 aliphatic heterocycles. The number of ether oxygens (including phenoxy) is 3. The van der Waals surface area contributed by atoms with Crippen LogP contribution in [0.4, 0.5) is 0 Å². The van der Waals surface area contributed by atoms with Crippen LogP contribution in [0.25, 0.3) is 0 Å². The zero-order valence-electron chi connectivity index (χ0n) is 16.0. The van der Waals surface area contributed by atoms with Crippen LogP contribution >= 0.6 is 0 Å². The second kappa shape index (κ2) is 9.25. The average Bonchev–Trinajstić information content (AvgIpc) is 2.66. The summed E-state index contributed by atoms with van der Waals surface area (Å²) >= 11 is 0. The summed E-state index contributed by atoms with van der Waals surface area (Å²) < 4.78 is 16.4. The smallest absolute Gasteiger partial charge is 0.249 e. The Morgan fingerprint density at radius 3 is 2.27 bits per heavy atom. The monoisotopic (exact) mass is 357 g/mol. The van der Waals surface area contributed by atoms with Crippen molar-refractivity contribution in [3.05, 3.63) is 59.2 Å². The largest absolute Gasteiger partial charge is 0.493 e. The lowest BCUT2D eigenvalue weighted by Gasteiger charge is -2.21. The molecule has 0 saturated carbocycles. The first-order valence-corrected chi connectivity index (χ1v) is 8.64. The summed E-state index contributed by atoms with van der Waals surface area (Å²) in [5.74, 6) is 1.16. The normalized spacial score (nSPS) is 13.0. The van der Waals surface area contributed by atoms with Gasteiger partial charge in [-0.25, -0.2) is 0 Å². The van der Waals surface area contributed by atoms with Gasteiger partial charge in [0.15, 0.2) is 11.5 Å². The molecule has 2 atom stereocenters. The van der Waals surface area contributed by atoms with E-state index >= 15 is 0 Å². The van der Waals surface area contributed by atoms with E-state index < -0.39 is 6.10 Å². The first kappa shape index (κ1) is 19.8. The summed E-state index contributed by atoms with van der Waals surface area (Å²) in [7, 11) is 3.20. The number of rotatable bonds is 8. The molecule has 140 valence electrons. The topological polar surface area (TPSA) is 56.8 Å². The summed E-state index contributed by atoms with van der Waals surface area (Å²) in [5.41, 5.74) is 3.04. The summed E-state index contributed by atoms with van der Waals surface area (Å²) in [6, 6.07) is 13.4. The third-order valence-corrected chi connectivity index (χ3v) is 4.31. The Balaban J connectivity index is 1.99. The molecular formula is C21H27NO4. The van der Waals surface area contributed by atoms with Gasteiger partial charge in [-0.3, -0.25) is 4.79 Å². The molecule has 5 nitrogen and oxygen atoms in total. The predicted octanol–water partition coefficient (Wildman–Crippen LogP) is 3.79. The molecule has 0 aliphatic carbocycles. The van der Waals surface area contributed by atoms with Gasteiger partial charge in [-0.15, -0.1) is 0 Å². The summed E-state index contributed by atoms with van der Waals surface area (Å²) in [4.78, 5) is 12.4. The molecular weight excluding hydrogens is 330 g/mol. The molecule has 2 aromatic rings. The maximum Gasteiger partial charge on any atom is 0.249 e. The summed E-state index contributed by atoms with van der Waals surface area (Å²) in [6.07, 6.45) is -0.543. The molecule has 0 fully saturated rings. The molecule has 2 unspecified atom stereocenters. The maximum absolute atomic E-state index is 12.4. The predicted molar refractivity (Wildman–Crippen MR) is 102 cm³/mol. The van der Waals surface area contributed by atoms with E-state index in [2.05, 4.69) is 5.32 Å². The highest BCUT2D eigenvalue weighted by Crippen LogP contribution is 2.32. The van der Waals surface area contributed by atoms with Gasteiger partial charge >= 0.3 is 0 Å². The molecule has 1 N–H and O–H groups in total. The molecule has 5 heteroatoms. The van der Waals surface area contributed by atoms with E-state index in [1.807, 2.05) is 56.3 Å². The first-order valence-electron chi connectivity index (χ1n) is 8.64.